The minimum absolute atomic E-state index is 0.0327. The van der Waals surface area contributed by atoms with Gasteiger partial charge in [-0.15, -0.1) is 0 Å². The second kappa shape index (κ2) is 6.70. The van der Waals surface area contributed by atoms with E-state index in [0.717, 1.165) is 9.87 Å². The smallest absolute Gasteiger partial charge is 0.259 e. The van der Waals surface area contributed by atoms with Crippen LogP contribution in [-0.4, -0.2) is 48.1 Å². The van der Waals surface area contributed by atoms with Gasteiger partial charge in [-0.3, -0.25) is 9.78 Å². The van der Waals surface area contributed by atoms with Crippen molar-refractivity contribution in [2.45, 2.75) is 32.0 Å². The topological polar surface area (TPSA) is 79.4 Å². The van der Waals surface area contributed by atoms with Crippen LogP contribution in [0.15, 0.2) is 24.5 Å². The van der Waals surface area contributed by atoms with Crippen molar-refractivity contribution in [1.82, 2.24) is 14.6 Å². The van der Waals surface area contributed by atoms with Crippen LogP contribution < -0.4 is 5.32 Å². The lowest BCUT2D eigenvalue weighted by atomic mass is 9.95. The van der Waals surface area contributed by atoms with E-state index in [2.05, 4.69) is 10.3 Å². The SMILES string of the molecule is CCS(=O)(=O)N1CCC[C@@](F)(C(=O)NCc2ccncc2)C1. The van der Waals surface area contributed by atoms with Crippen LogP contribution in [0.5, 0.6) is 0 Å². The summed E-state index contributed by atoms with van der Waals surface area (Å²) in [5.74, 6) is -0.859. The Labute approximate surface area is 129 Å². The first-order valence-electron chi connectivity index (χ1n) is 7.21. The van der Waals surface area contributed by atoms with E-state index in [4.69, 9.17) is 0 Å². The Morgan fingerprint density at radius 3 is 2.77 bits per heavy atom. The average Bonchev–Trinajstić information content (AvgIpc) is 2.53. The van der Waals surface area contributed by atoms with Crippen LogP contribution in [0.1, 0.15) is 25.3 Å². The zero-order valence-corrected chi connectivity index (χ0v) is 13.3. The number of amides is 1. The molecular formula is C14H20FN3O3S. The normalized spacial score (nSPS) is 23.2. The second-order valence-corrected chi connectivity index (χ2v) is 7.60. The third-order valence-electron chi connectivity index (χ3n) is 3.78. The Morgan fingerprint density at radius 2 is 2.14 bits per heavy atom. The number of carbonyl (C=O) groups excluding carboxylic acids is 1. The largest absolute Gasteiger partial charge is 0.349 e. The molecule has 2 heterocycles. The molecule has 0 aliphatic carbocycles. The number of rotatable bonds is 5. The van der Waals surface area contributed by atoms with Gasteiger partial charge in [0.2, 0.25) is 15.7 Å². The van der Waals surface area contributed by atoms with Crippen molar-refractivity contribution in [2.75, 3.05) is 18.8 Å². The third kappa shape index (κ3) is 3.80. The minimum Gasteiger partial charge on any atom is -0.349 e. The van der Waals surface area contributed by atoms with E-state index in [1.54, 1.807) is 24.5 Å². The van der Waals surface area contributed by atoms with Crippen molar-refractivity contribution < 1.29 is 17.6 Å². The number of alkyl halides is 1. The van der Waals surface area contributed by atoms with Crippen molar-refractivity contribution in [3.63, 3.8) is 0 Å². The van der Waals surface area contributed by atoms with Gasteiger partial charge >= 0.3 is 0 Å². The molecule has 0 bridgehead atoms. The fraction of sp³-hybridized carbons (Fsp3) is 0.571. The van der Waals surface area contributed by atoms with Crippen molar-refractivity contribution in [1.29, 1.82) is 0 Å². The number of halogens is 1. The standard InChI is InChI=1S/C14H20FN3O3S/c1-2-22(20,21)18-9-3-6-14(15,11-18)13(19)17-10-12-4-7-16-8-5-12/h4-5,7-8H,2-3,6,9-11H2,1H3,(H,17,19)/t14-/m0/s1. The van der Waals surface area contributed by atoms with Gasteiger partial charge in [0.15, 0.2) is 0 Å². The minimum atomic E-state index is -3.49. The van der Waals surface area contributed by atoms with E-state index in [0.29, 0.717) is 6.42 Å². The molecule has 1 aromatic heterocycles. The van der Waals surface area contributed by atoms with Crippen LogP contribution in [0, 0.1) is 0 Å². The van der Waals surface area contributed by atoms with Crippen LogP contribution in [0.3, 0.4) is 0 Å². The molecule has 122 valence electrons. The Morgan fingerprint density at radius 1 is 1.45 bits per heavy atom. The number of aromatic nitrogens is 1. The van der Waals surface area contributed by atoms with Crippen molar-refractivity contribution in [2.24, 2.45) is 0 Å². The summed E-state index contributed by atoms with van der Waals surface area (Å²) in [4.78, 5) is 16.0. The maximum atomic E-state index is 14.9. The number of nitrogens with zero attached hydrogens (tertiary/aromatic N) is 2. The molecule has 1 saturated heterocycles. The number of sulfonamides is 1. The molecule has 1 amide bonds. The predicted molar refractivity (Wildman–Crippen MR) is 80.2 cm³/mol. The van der Waals surface area contributed by atoms with Gasteiger partial charge in [-0.2, -0.15) is 4.31 Å². The Hall–Kier alpha value is -1.54. The fourth-order valence-corrected chi connectivity index (χ4v) is 3.59. The summed E-state index contributed by atoms with van der Waals surface area (Å²) in [7, 11) is -3.49. The van der Waals surface area contributed by atoms with Gasteiger partial charge in [0.1, 0.15) is 0 Å². The molecule has 0 saturated carbocycles. The van der Waals surface area contributed by atoms with E-state index in [1.165, 1.54) is 6.92 Å². The van der Waals surface area contributed by atoms with E-state index < -0.39 is 28.1 Å². The molecule has 22 heavy (non-hydrogen) atoms. The number of nitrogens with one attached hydrogen (secondary N) is 1. The quantitative estimate of drug-likeness (QED) is 0.869. The molecule has 0 radical (unpaired) electrons. The average molecular weight is 329 g/mol. The summed E-state index contributed by atoms with van der Waals surface area (Å²) in [6.07, 6.45) is 3.54. The Bertz CT molecular complexity index is 623. The van der Waals surface area contributed by atoms with Crippen molar-refractivity contribution in [3.8, 4) is 0 Å². The van der Waals surface area contributed by atoms with Gasteiger partial charge in [-0.25, -0.2) is 12.8 Å². The first kappa shape index (κ1) is 16.8. The van der Waals surface area contributed by atoms with E-state index in [1.807, 2.05) is 0 Å². The first-order chi connectivity index (χ1) is 10.4. The van der Waals surface area contributed by atoms with Gasteiger partial charge in [0, 0.05) is 25.5 Å². The molecule has 1 atom stereocenters. The molecular weight excluding hydrogens is 309 g/mol. The predicted octanol–water partition coefficient (Wildman–Crippen LogP) is 0.852. The lowest BCUT2D eigenvalue weighted by Gasteiger charge is -2.35. The molecule has 0 unspecified atom stereocenters. The second-order valence-electron chi connectivity index (χ2n) is 5.34. The van der Waals surface area contributed by atoms with Crippen LogP contribution in [0.4, 0.5) is 4.39 Å². The summed E-state index contributed by atoms with van der Waals surface area (Å²) in [5.41, 5.74) is -1.37. The number of carbonyl (C=O) groups is 1. The van der Waals surface area contributed by atoms with E-state index >= 15 is 0 Å². The molecule has 1 aliphatic heterocycles. The summed E-state index contributed by atoms with van der Waals surface area (Å²) < 4.78 is 39.7. The van der Waals surface area contributed by atoms with Gasteiger partial charge in [-0.1, -0.05) is 0 Å². The highest BCUT2D eigenvalue weighted by molar-refractivity contribution is 7.89. The van der Waals surface area contributed by atoms with Crippen LogP contribution >= 0.6 is 0 Å². The maximum Gasteiger partial charge on any atom is 0.259 e. The maximum absolute atomic E-state index is 14.9. The third-order valence-corrected chi connectivity index (χ3v) is 5.60. The number of hydrogen-bond donors (Lipinski definition) is 1. The molecule has 1 aliphatic rings. The number of pyridine rings is 1. The lowest BCUT2D eigenvalue weighted by Crippen LogP contribution is -2.55. The molecule has 6 nitrogen and oxygen atoms in total. The lowest BCUT2D eigenvalue weighted by molar-refractivity contribution is -0.135. The molecule has 0 spiro atoms. The zero-order valence-electron chi connectivity index (χ0n) is 12.5. The van der Waals surface area contributed by atoms with Crippen molar-refractivity contribution in [3.05, 3.63) is 30.1 Å². The molecule has 0 aromatic carbocycles. The highest BCUT2D eigenvalue weighted by Gasteiger charge is 2.45. The zero-order chi connectivity index (χ0) is 16.2. The highest BCUT2D eigenvalue weighted by Crippen LogP contribution is 2.27. The van der Waals surface area contributed by atoms with Gasteiger partial charge in [0.05, 0.1) is 12.3 Å². The number of hydrogen-bond acceptors (Lipinski definition) is 4. The van der Waals surface area contributed by atoms with Crippen LogP contribution in [0.2, 0.25) is 0 Å². The van der Waals surface area contributed by atoms with Crippen LogP contribution in [-0.2, 0) is 21.4 Å². The van der Waals surface area contributed by atoms with Gasteiger partial charge in [-0.05, 0) is 37.5 Å². The van der Waals surface area contributed by atoms with E-state index in [-0.39, 0.29) is 25.3 Å². The van der Waals surface area contributed by atoms with Crippen LogP contribution in [0.25, 0.3) is 0 Å². The Kier molecular flexibility index (Phi) is 5.12. The van der Waals surface area contributed by atoms with E-state index in [9.17, 15) is 17.6 Å². The number of piperidine rings is 1. The summed E-state index contributed by atoms with van der Waals surface area (Å²) in [5, 5.41) is 2.54. The molecule has 1 fully saturated rings. The van der Waals surface area contributed by atoms with Gasteiger partial charge < -0.3 is 5.32 Å². The summed E-state index contributed by atoms with van der Waals surface area (Å²) in [6.45, 7) is 1.55. The fourth-order valence-electron chi connectivity index (χ4n) is 2.42. The highest BCUT2D eigenvalue weighted by atomic mass is 32.2. The monoisotopic (exact) mass is 329 g/mol. The Balaban J connectivity index is 2.01. The first-order valence-corrected chi connectivity index (χ1v) is 8.82. The molecule has 8 heteroatoms. The summed E-state index contributed by atoms with van der Waals surface area (Å²) in [6, 6.07) is 3.44. The molecule has 1 N–H and O–H groups in total. The van der Waals surface area contributed by atoms with Gasteiger partial charge in [0.25, 0.3) is 5.91 Å². The molecule has 1 aromatic rings. The summed E-state index contributed by atoms with van der Waals surface area (Å²) >= 11 is 0. The molecule has 2 rings (SSSR count). The van der Waals surface area contributed by atoms with Crippen molar-refractivity contribution >= 4 is 15.9 Å².